The maximum absolute atomic E-state index is 12.2. The highest BCUT2D eigenvalue weighted by Gasteiger charge is 2.39. The van der Waals surface area contributed by atoms with Crippen LogP contribution in [0.15, 0.2) is 0 Å². The molecule has 0 radical (unpaired) electrons. The van der Waals surface area contributed by atoms with Crippen LogP contribution in [-0.4, -0.2) is 51.8 Å². The van der Waals surface area contributed by atoms with Gasteiger partial charge in [0, 0.05) is 19.0 Å². The van der Waals surface area contributed by atoms with E-state index in [1.807, 2.05) is 6.92 Å². The second-order valence-electron chi connectivity index (χ2n) is 6.03. The minimum Gasteiger partial charge on any atom is -0.480 e. The van der Waals surface area contributed by atoms with Crippen molar-refractivity contribution in [1.82, 2.24) is 10.2 Å². The van der Waals surface area contributed by atoms with Crippen molar-refractivity contribution in [3.8, 4) is 0 Å². The van der Waals surface area contributed by atoms with E-state index in [1.165, 1.54) is 24.2 Å². The molecule has 1 aliphatic carbocycles. The number of aliphatic hydroxyl groups is 1. The highest BCUT2D eigenvalue weighted by atomic mass is 16.4. The maximum Gasteiger partial charge on any atom is 0.326 e. The summed E-state index contributed by atoms with van der Waals surface area (Å²) in [6, 6.07) is -1.23. The molecule has 3 atom stereocenters. The van der Waals surface area contributed by atoms with Crippen molar-refractivity contribution < 1.29 is 19.8 Å². The van der Waals surface area contributed by atoms with Crippen molar-refractivity contribution in [3.63, 3.8) is 0 Å². The first-order chi connectivity index (χ1) is 9.49. The number of carboxylic acids is 1. The molecule has 6 heteroatoms. The molecule has 2 fully saturated rings. The van der Waals surface area contributed by atoms with Crippen molar-refractivity contribution in [2.45, 2.75) is 63.6 Å². The SMILES string of the molecule is CC(NC(=O)N1CC(O)C[C@H]1C(=O)O)C1CCCCC1. The fraction of sp³-hybridized carbons (Fsp3) is 0.857. The first-order valence-corrected chi connectivity index (χ1v) is 7.47. The average molecular weight is 284 g/mol. The first-order valence-electron chi connectivity index (χ1n) is 7.47. The number of carbonyl (C=O) groups is 2. The standard InChI is InChI=1S/C14H24N2O4/c1-9(10-5-3-2-4-6-10)15-14(20)16-8-11(17)7-12(16)13(18)19/h9-12,17H,2-8H2,1H3,(H,15,20)(H,18,19)/t9?,11?,12-/m0/s1. The minimum atomic E-state index is -1.05. The molecule has 0 spiro atoms. The lowest BCUT2D eigenvalue weighted by atomic mass is 9.84. The van der Waals surface area contributed by atoms with Gasteiger partial charge in [-0.1, -0.05) is 19.3 Å². The molecule has 0 aromatic heterocycles. The van der Waals surface area contributed by atoms with Gasteiger partial charge in [-0.25, -0.2) is 9.59 Å². The second-order valence-corrected chi connectivity index (χ2v) is 6.03. The monoisotopic (exact) mass is 284 g/mol. The summed E-state index contributed by atoms with van der Waals surface area (Å²) < 4.78 is 0. The fourth-order valence-corrected chi connectivity index (χ4v) is 3.30. The van der Waals surface area contributed by atoms with Gasteiger partial charge in [0.05, 0.1) is 6.10 Å². The molecule has 6 nitrogen and oxygen atoms in total. The van der Waals surface area contributed by atoms with E-state index in [1.54, 1.807) is 0 Å². The number of hydrogen-bond donors (Lipinski definition) is 3. The van der Waals surface area contributed by atoms with Gasteiger partial charge in [0.1, 0.15) is 6.04 Å². The van der Waals surface area contributed by atoms with Crippen LogP contribution in [0.3, 0.4) is 0 Å². The molecule has 0 aromatic carbocycles. The molecule has 20 heavy (non-hydrogen) atoms. The normalized spacial score (nSPS) is 29.2. The van der Waals surface area contributed by atoms with Gasteiger partial charge in [-0.2, -0.15) is 0 Å². The molecule has 2 rings (SSSR count). The number of aliphatic hydroxyl groups excluding tert-OH is 1. The van der Waals surface area contributed by atoms with Crippen LogP contribution in [0.5, 0.6) is 0 Å². The van der Waals surface area contributed by atoms with Crippen LogP contribution in [0, 0.1) is 5.92 Å². The Bertz CT molecular complexity index is 368. The summed E-state index contributed by atoms with van der Waals surface area (Å²) in [5.41, 5.74) is 0. The summed E-state index contributed by atoms with van der Waals surface area (Å²) in [6.07, 6.45) is 5.26. The quantitative estimate of drug-likeness (QED) is 0.726. The summed E-state index contributed by atoms with van der Waals surface area (Å²) in [5, 5.41) is 21.6. The van der Waals surface area contributed by atoms with Gasteiger partial charge < -0.3 is 20.4 Å². The highest BCUT2D eigenvalue weighted by molar-refractivity contribution is 5.83. The van der Waals surface area contributed by atoms with Crippen LogP contribution >= 0.6 is 0 Å². The summed E-state index contributed by atoms with van der Waals surface area (Å²) in [6.45, 7) is 2.08. The van der Waals surface area contributed by atoms with Crippen LogP contribution in [0.25, 0.3) is 0 Å². The molecule has 114 valence electrons. The topological polar surface area (TPSA) is 89.9 Å². The lowest BCUT2D eigenvalue weighted by molar-refractivity contribution is -0.141. The Hall–Kier alpha value is -1.30. The van der Waals surface area contributed by atoms with Crippen LogP contribution in [0.2, 0.25) is 0 Å². The molecule has 0 aromatic rings. The molecule has 0 bridgehead atoms. The Morgan fingerprint density at radius 3 is 2.50 bits per heavy atom. The molecular formula is C14H24N2O4. The molecule has 2 unspecified atom stereocenters. The number of carboxylic acid groups (broad SMARTS) is 1. The molecular weight excluding hydrogens is 260 g/mol. The van der Waals surface area contributed by atoms with E-state index in [-0.39, 0.29) is 25.0 Å². The Morgan fingerprint density at radius 1 is 1.25 bits per heavy atom. The lowest BCUT2D eigenvalue weighted by Gasteiger charge is -2.30. The Kier molecular flexibility index (Phi) is 4.86. The summed E-state index contributed by atoms with van der Waals surface area (Å²) in [7, 11) is 0. The lowest BCUT2D eigenvalue weighted by Crippen LogP contribution is -2.50. The first kappa shape index (κ1) is 15.1. The zero-order valence-corrected chi connectivity index (χ0v) is 11.9. The van der Waals surface area contributed by atoms with Gasteiger partial charge in [0.25, 0.3) is 0 Å². The van der Waals surface area contributed by atoms with Crippen molar-refractivity contribution >= 4 is 12.0 Å². The van der Waals surface area contributed by atoms with Gasteiger partial charge >= 0.3 is 12.0 Å². The van der Waals surface area contributed by atoms with Gasteiger partial charge in [0.15, 0.2) is 0 Å². The van der Waals surface area contributed by atoms with Gasteiger partial charge in [-0.15, -0.1) is 0 Å². The Morgan fingerprint density at radius 2 is 1.90 bits per heavy atom. The molecule has 2 aliphatic rings. The summed E-state index contributed by atoms with van der Waals surface area (Å²) in [5.74, 6) is -0.578. The van der Waals surface area contributed by atoms with Gasteiger partial charge in [-0.05, 0) is 25.7 Å². The van der Waals surface area contributed by atoms with Crippen LogP contribution < -0.4 is 5.32 Å². The zero-order chi connectivity index (χ0) is 14.7. The smallest absolute Gasteiger partial charge is 0.326 e. The number of nitrogens with one attached hydrogen (secondary N) is 1. The number of β-amino-alcohol motifs (C(OH)–C–C–N with tert-alkyl or cyclic N) is 1. The number of carbonyl (C=O) groups excluding carboxylic acids is 1. The number of nitrogens with zero attached hydrogens (tertiary/aromatic N) is 1. The van der Waals surface area contributed by atoms with Crippen molar-refractivity contribution in [2.24, 2.45) is 5.92 Å². The van der Waals surface area contributed by atoms with Crippen molar-refractivity contribution in [2.75, 3.05) is 6.54 Å². The van der Waals surface area contributed by atoms with Crippen LogP contribution in [0.1, 0.15) is 45.4 Å². The van der Waals surface area contributed by atoms with E-state index >= 15 is 0 Å². The summed E-state index contributed by atoms with van der Waals surface area (Å²) in [4.78, 5) is 24.6. The molecule has 1 saturated carbocycles. The largest absolute Gasteiger partial charge is 0.480 e. The minimum absolute atomic E-state index is 0.0509. The van der Waals surface area contributed by atoms with Gasteiger partial charge in [0.2, 0.25) is 0 Å². The molecule has 1 saturated heterocycles. The number of amides is 2. The van der Waals surface area contributed by atoms with Crippen LogP contribution in [0.4, 0.5) is 4.79 Å². The average Bonchev–Trinajstić information content (AvgIpc) is 2.82. The second kappa shape index (κ2) is 6.43. The zero-order valence-electron chi connectivity index (χ0n) is 11.9. The maximum atomic E-state index is 12.2. The predicted molar refractivity (Wildman–Crippen MR) is 73.3 cm³/mol. The van der Waals surface area contributed by atoms with E-state index in [2.05, 4.69) is 5.32 Å². The van der Waals surface area contributed by atoms with E-state index in [9.17, 15) is 14.7 Å². The predicted octanol–water partition coefficient (Wildman–Crippen LogP) is 1.18. The van der Waals surface area contributed by atoms with E-state index in [0.717, 1.165) is 12.8 Å². The molecule has 1 aliphatic heterocycles. The van der Waals surface area contributed by atoms with E-state index in [4.69, 9.17) is 5.11 Å². The van der Waals surface area contributed by atoms with Crippen LogP contribution in [-0.2, 0) is 4.79 Å². The third-order valence-electron chi connectivity index (χ3n) is 4.53. The number of hydrogen-bond acceptors (Lipinski definition) is 3. The van der Waals surface area contributed by atoms with E-state index < -0.39 is 18.1 Å². The third kappa shape index (κ3) is 3.42. The number of urea groups is 1. The Balaban J connectivity index is 1.91. The summed E-state index contributed by atoms with van der Waals surface area (Å²) >= 11 is 0. The number of aliphatic carboxylic acids is 1. The van der Waals surface area contributed by atoms with Crippen molar-refractivity contribution in [1.29, 1.82) is 0 Å². The molecule has 2 amide bonds. The van der Waals surface area contributed by atoms with Crippen molar-refractivity contribution in [3.05, 3.63) is 0 Å². The third-order valence-corrected chi connectivity index (χ3v) is 4.53. The number of rotatable bonds is 3. The highest BCUT2D eigenvalue weighted by Crippen LogP contribution is 2.27. The fourth-order valence-electron chi connectivity index (χ4n) is 3.30. The van der Waals surface area contributed by atoms with E-state index in [0.29, 0.717) is 5.92 Å². The number of likely N-dealkylation sites (tertiary alicyclic amines) is 1. The van der Waals surface area contributed by atoms with Gasteiger partial charge in [-0.3, -0.25) is 0 Å². The Labute approximate surface area is 119 Å². The molecule has 1 heterocycles. The molecule has 3 N–H and O–H groups in total.